The highest BCUT2D eigenvalue weighted by molar-refractivity contribution is 8.26. The maximum Gasteiger partial charge on any atom is 0.326 e. The van der Waals surface area contributed by atoms with Crippen LogP contribution in [0.4, 0.5) is 0 Å². The van der Waals surface area contributed by atoms with Crippen molar-refractivity contribution in [2.45, 2.75) is 71.3 Å². The number of carboxylic acids is 1. The topological polar surface area (TPSA) is 66.8 Å². The first kappa shape index (κ1) is 24.4. The Morgan fingerprint density at radius 3 is 2.43 bits per heavy atom. The molecule has 0 saturated carbocycles. The van der Waals surface area contributed by atoms with Gasteiger partial charge in [-0.3, -0.25) is 9.69 Å². The highest BCUT2D eigenvalue weighted by atomic mass is 32.2. The van der Waals surface area contributed by atoms with Gasteiger partial charge in [-0.15, -0.1) is 0 Å². The largest absolute Gasteiger partial charge is 0.494 e. The normalized spacial score (nSPS) is 16.3. The lowest BCUT2D eigenvalue weighted by Gasteiger charge is -2.22. The van der Waals surface area contributed by atoms with Crippen LogP contribution in [0.5, 0.6) is 5.75 Å². The summed E-state index contributed by atoms with van der Waals surface area (Å²) < 4.78 is 6.09. The molecule has 1 aromatic rings. The molecule has 1 aliphatic heterocycles. The van der Waals surface area contributed by atoms with E-state index in [2.05, 4.69) is 6.92 Å². The summed E-state index contributed by atoms with van der Waals surface area (Å²) in [4.78, 5) is 26.0. The Hall–Kier alpha value is -1.86. The minimum atomic E-state index is -1.03. The zero-order valence-electron chi connectivity index (χ0n) is 17.8. The number of aliphatic carboxylic acids is 1. The van der Waals surface area contributed by atoms with E-state index in [1.165, 1.54) is 37.0 Å². The molecule has 164 valence electrons. The third-order valence-electron chi connectivity index (χ3n) is 4.93. The molecular formula is C23H31NO4S2. The molecule has 1 fully saturated rings. The van der Waals surface area contributed by atoms with Crippen molar-refractivity contribution in [2.75, 3.05) is 6.61 Å². The second-order valence-electron chi connectivity index (χ2n) is 7.38. The molecule has 0 spiro atoms. The predicted molar refractivity (Wildman–Crippen MR) is 127 cm³/mol. The first-order valence-corrected chi connectivity index (χ1v) is 11.9. The molecule has 1 saturated heterocycles. The van der Waals surface area contributed by atoms with E-state index >= 15 is 0 Å². The van der Waals surface area contributed by atoms with Crippen LogP contribution in [0.1, 0.15) is 70.8 Å². The van der Waals surface area contributed by atoms with Crippen molar-refractivity contribution < 1.29 is 19.4 Å². The van der Waals surface area contributed by atoms with Crippen molar-refractivity contribution in [1.82, 2.24) is 4.90 Å². The van der Waals surface area contributed by atoms with Crippen molar-refractivity contribution in [3.8, 4) is 5.75 Å². The molecule has 0 bridgehead atoms. The van der Waals surface area contributed by atoms with Gasteiger partial charge in [0.2, 0.25) is 0 Å². The van der Waals surface area contributed by atoms with Gasteiger partial charge in [0.25, 0.3) is 5.91 Å². The fourth-order valence-corrected chi connectivity index (χ4v) is 4.63. The minimum Gasteiger partial charge on any atom is -0.494 e. The number of nitrogens with zero attached hydrogens (tertiary/aromatic N) is 1. The molecule has 0 radical (unpaired) electrons. The van der Waals surface area contributed by atoms with Crippen LogP contribution in [-0.4, -0.2) is 38.9 Å². The number of rotatable bonds is 13. The van der Waals surface area contributed by atoms with Gasteiger partial charge in [0.1, 0.15) is 16.1 Å². The number of hydrogen-bond donors (Lipinski definition) is 1. The first-order valence-electron chi connectivity index (χ1n) is 10.7. The van der Waals surface area contributed by atoms with Crippen LogP contribution in [0.25, 0.3) is 6.08 Å². The third kappa shape index (κ3) is 7.13. The van der Waals surface area contributed by atoms with E-state index in [4.69, 9.17) is 17.0 Å². The molecule has 1 N–H and O–H groups in total. The Bertz CT molecular complexity index is 761. The molecule has 30 heavy (non-hydrogen) atoms. The fourth-order valence-electron chi connectivity index (χ4n) is 3.27. The van der Waals surface area contributed by atoms with Crippen molar-refractivity contribution in [3.05, 3.63) is 34.7 Å². The maximum absolute atomic E-state index is 12.7. The van der Waals surface area contributed by atoms with E-state index in [-0.39, 0.29) is 5.91 Å². The van der Waals surface area contributed by atoms with Crippen LogP contribution in [-0.2, 0) is 9.59 Å². The van der Waals surface area contributed by atoms with Gasteiger partial charge in [0.15, 0.2) is 0 Å². The number of benzene rings is 1. The smallest absolute Gasteiger partial charge is 0.326 e. The summed E-state index contributed by atoms with van der Waals surface area (Å²) in [5, 5.41) is 9.45. The minimum absolute atomic E-state index is 0.297. The van der Waals surface area contributed by atoms with Gasteiger partial charge < -0.3 is 9.84 Å². The second-order valence-corrected chi connectivity index (χ2v) is 9.06. The Balaban J connectivity index is 1.91. The average Bonchev–Trinajstić information content (AvgIpc) is 2.99. The zero-order chi connectivity index (χ0) is 21.9. The third-order valence-corrected chi connectivity index (χ3v) is 6.26. The number of ether oxygens (including phenoxy) is 1. The quantitative estimate of drug-likeness (QED) is 0.230. The molecule has 1 atom stereocenters. The molecule has 0 aromatic heterocycles. The highest BCUT2D eigenvalue weighted by Crippen LogP contribution is 2.35. The Morgan fingerprint density at radius 1 is 1.13 bits per heavy atom. The van der Waals surface area contributed by atoms with E-state index < -0.39 is 12.0 Å². The predicted octanol–water partition coefficient (Wildman–Crippen LogP) is 5.88. The zero-order valence-corrected chi connectivity index (χ0v) is 19.4. The van der Waals surface area contributed by atoms with Gasteiger partial charge in [-0.2, -0.15) is 0 Å². The summed E-state index contributed by atoms with van der Waals surface area (Å²) >= 11 is 6.43. The molecule has 7 heteroatoms. The molecule has 1 amide bonds. The van der Waals surface area contributed by atoms with Crippen LogP contribution in [0.3, 0.4) is 0 Å². The number of thiocarbonyl (C=S) groups is 1. The standard InChI is InChI=1S/C23H31NO4S2/c1-3-5-6-7-8-9-15-28-18-13-11-17(12-14-18)16-20-21(25)24(23(29)30-20)19(10-4-2)22(26)27/h11-14,16,19H,3-10,15H2,1-2H3,(H,26,27). The number of unbranched alkanes of at least 4 members (excludes halogenated alkanes) is 5. The lowest BCUT2D eigenvalue weighted by molar-refractivity contribution is -0.145. The molecule has 2 rings (SSSR count). The summed E-state index contributed by atoms with van der Waals surface area (Å²) in [7, 11) is 0. The van der Waals surface area contributed by atoms with Gasteiger partial charge in [-0.05, 0) is 36.6 Å². The lowest BCUT2D eigenvalue weighted by Crippen LogP contribution is -2.43. The molecule has 5 nitrogen and oxygen atoms in total. The molecule has 1 aromatic carbocycles. The summed E-state index contributed by atoms with van der Waals surface area (Å²) in [5.41, 5.74) is 0.852. The Labute approximate surface area is 188 Å². The summed E-state index contributed by atoms with van der Waals surface area (Å²) in [6.45, 7) is 4.81. The number of hydrogen-bond acceptors (Lipinski definition) is 5. The number of carboxylic acid groups (broad SMARTS) is 1. The summed E-state index contributed by atoms with van der Waals surface area (Å²) in [5.74, 6) is -0.558. The van der Waals surface area contributed by atoms with Crippen LogP contribution < -0.4 is 4.74 Å². The number of carbonyl (C=O) groups excluding carboxylic acids is 1. The molecule has 1 heterocycles. The number of amides is 1. The summed E-state index contributed by atoms with van der Waals surface area (Å²) in [6.07, 6.45) is 10.1. The SMILES string of the molecule is CCCCCCCCOc1ccc(C=C2SC(=S)N(C(CCC)C(=O)O)C2=O)cc1. The van der Waals surface area contributed by atoms with Crippen molar-refractivity contribution >= 4 is 46.3 Å². The fraction of sp³-hybridized carbons (Fsp3) is 0.522. The maximum atomic E-state index is 12.7. The van der Waals surface area contributed by atoms with Crippen molar-refractivity contribution in [3.63, 3.8) is 0 Å². The van der Waals surface area contributed by atoms with Gasteiger partial charge >= 0.3 is 5.97 Å². The van der Waals surface area contributed by atoms with E-state index in [1.54, 1.807) is 6.08 Å². The van der Waals surface area contributed by atoms with Crippen LogP contribution in [0.2, 0.25) is 0 Å². The van der Waals surface area contributed by atoms with Crippen molar-refractivity contribution in [2.24, 2.45) is 0 Å². The van der Waals surface area contributed by atoms with Crippen LogP contribution in [0.15, 0.2) is 29.2 Å². The van der Waals surface area contributed by atoms with E-state index in [0.29, 0.717) is 28.7 Å². The van der Waals surface area contributed by atoms with Gasteiger partial charge in [-0.25, -0.2) is 4.79 Å². The summed E-state index contributed by atoms with van der Waals surface area (Å²) in [6, 6.07) is 6.65. The lowest BCUT2D eigenvalue weighted by atomic mass is 10.1. The van der Waals surface area contributed by atoms with E-state index in [1.807, 2.05) is 31.2 Å². The second kappa shape index (κ2) is 12.7. The van der Waals surface area contributed by atoms with Gasteiger partial charge in [-0.1, -0.05) is 88.5 Å². The molecular weight excluding hydrogens is 418 g/mol. The molecule has 1 unspecified atom stereocenters. The number of carbonyl (C=O) groups is 2. The average molecular weight is 450 g/mol. The molecule has 1 aliphatic rings. The van der Waals surface area contributed by atoms with Gasteiger partial charge in [0, 0.05) is 0 Å². The highest BCUT2D eigenvalue weighted by Gasteiger charge is 2.39. The van der Waals surface area contributed by atoms with Crippen LogP contribution in [0, 0.1) is 0 Å². The van der Waals surface area contributed by atoms with E-state index in [0.717, 1.165) is 29.5 Å². The van der Waals surface area contributed by atoms with Crippen LogP contribution >= 0.6 is 24.0 Å². The van der Waals surface area contributed by atoms with E-state index in [9.17, 15) is 14.7 Å². The Morgan fingerprint density at radius 2 is 1.80 bits per heavy atom. The van der Waals surface area contributed by atoms with Gasteiger partial charge in [0.05, 0.1) is 11.5 Å². The monoisotopic (exact) mass is 449 g/mol. The molecule has 0 aliphatic carbocycles. The first-order chi connectivity index (χ1) is 14.5. The number of thioether (sulfide) groups is 1. The Kier molecular flexibility index (Phi) is 10.4. The van der Waals surface area contributed by atoms with Crippen molar-refractivity contribution in [1.29, 1.82) is 0 Å².